The number of hydrogen-bond acceptors (Lipinski definition) is 2. The number of rotatable bonds is 3. The molecule has 0 heterocycles. The Morgan fingerprint density at radius 3 is 2.35 bits per heavy atom. The van der Waals surface area contributed by atoms with E-state index in [1.165, 1.54) is 6.08 Å². The summed E-state index contributed by atoms with van der Waals surface area (Å²) in [6, 6.07) is 8.34. The number of hydrogen-bond donors (Lipinski definition) is 0. The zero-order chi connectivity index (χ0) is 12.9. The van der Waals surface area contributed by atoms with Gasteiger partial charge in [-0.1, -0.05) is 0 Å². The molecule has 0 aliphatic heterocycles. The third-order valence-corrected chi connectivity index (χ3v) is 3.25. The van der Waals surface area contributed by atoms with Gasteiger partial charge in [0.25, 0.3) is 0 Å². The Morgan fingerprint density at radius 1 is 1.29 bits per heavy atom. The van der Waals surface area contributed by atoms with Gasteiger partial charge in [-0.15, -0.1) is 0 Å². The standard InChI is InChI=1S/C11H9F3O2Se/c1-16-10(15)9(17-11(12,13)14)7-8-5-3-2-4-6-8/h2-7H,1H3/b9-7+. The molecule has 92 valence electrons. The predicted molar refractivity (Wildman–Crippen MR) is 58.2 cm³/mol. The molecule has 17 heavy (non-hydrogen) atoms. The second-order valence-corrected chi connectivity index (χ2v) is 5.28. The van der Waals surface area contributed by atoms with Crippen molar-refractivity contribution < 1.29 is 22.7 Å². The van der Waals surface area contributed by atoms with E-state index >= 15 is 0 Å². The normalized spacial score (nSPS) is 12.4. The number of carbonyl (C=O) groups is 1. The van der Waals surface area contributed by atoms with Crippen LogP contribution in [-0.2, 0) is 9.53 Å². The molecule has 0 radical (unpaired) electrons. The van der Waals surface area contributed by atoms with Crippen LogP contribution in [0.1, 0.15) is 5.56 Å². The van der Waals surface area contributed by atoms with Gasteiger partial charge in [-0.25, -0.2) is 0 Å². The van der Waals surface area contributed by atoms with Crippen molar-refractivity contribution in [3.8, 4) is 0 Å². The van der Waals surface area contributed by atoms with Crippen LogP contribution < -0.4 is 0 Å². The van der Waals surface area contributed by atoms with E-state index < -0.39 is 26.0 Å². The average Bonchev–Trinajstić information content (AvgIpc) is 2.27. The molecule has 0 fully saturated rings. The van der Waals surface area contributed by atoms with E-state index in [1.807, 2.05) is 0 Å². The van der Waals surface area contributed by atoms with E-state index in [-0.39, 0.29) is 4.47 Å². The minimum atomic E-state index is -4.37. The first kappa shape index (κ1) is 13.8. The van der Waals surface area contributed by atoms with E-state index in [9.17, 15) is 18.0 Å². The van der Waals surface area contributed by atoms with Gasteiger partial charge in [-0.3, -0.25) is 0 Å². The van der Waals surface area contributed by atoms with Crippen molar-refractivity contribution >= 4 is 27.0 Å². The monoisotopic (exact) mass is 310 g/mol. The Bertz CT molecular complexity index is 412. The van der Waals surface area contributed by atoms with Crippen LogP contribution in [-0.4, -0.2) is 33.1 Å². The molecule has 0 spiro atoms. The number of ether oxygens (including phenoxy) is 1. The maximum absolute atomic E-state index is 12.3. The van der Waals surface area contributed by atoms with E-state index in [2.05, 4.69) is 4.74 Å². The molecule has 1 rings (SSSR count). The van der Waals surface area contributed by atoms with E-state index in [1.54, 1.807) is 30.3 Å². The molecule has 0 amide bonds. The van der Waals surface area contributed by atoms with Crippen LogP contribution in [0, 0.1) is 0 Å². The second kappa shape index (κ2) is 5.89. The zero-order valence-corrected chi connectivity index (χ0v) is 10.5. The first-order chi connectivity index (χ1) is 7.92. The molecule has 0 saturated heterocycles. The van der Waals surface area contributed by atoms with Crippen molar-refractivity contribution in [2.45, 2.75) is 5.07 Å². The Kier molecular flexibility index (Phi) is 4.78. The fourth-order valence-electron chi connectivity index (χ4n) is 1.06. The van der Waals surface area contributed by atoms with Crippen LogP contribution >= 0.6 is 0 Å². The van der Waals surface area contributed by atoms with Crippen LogP contribution in [0.15, 0.2) is 34.8 Å². The number of alkyl halides is 3. The summed E-state index contributed by atoms with van der Waals surface area (Å²) < 4.78 is 40.8. The van der Waals surface area contributed by atoms with Crippen molar-refractivity contribution in [3.63, 3.8) is 0 Å². The SMILES string of the molecule is COC(=O)/C(=C\c1ccccc1)[Se]C(F)(F)F. The first-order valence-corrected chi connectivity index (χ1v) is 6.24. The first-order valence-electron chi connectivity index (χ1n) is 4.53. The molecule has 6 heteroatoms. The molecule has 0 aromatic heterocycles. The summed E-state index contributed by atoms with van der Waals surface area (Å²) in [5, 5.41) is -4.37. The van der Waals surface area contributed by atoms with Gasteiger partial charge in [0, 0.05) is 0 Å². The Balaban J connectivity index is 2.99. The number of carbonyl (C=O) groups excluding carboxylic acids is 1. The third kappa shape index (κ3) is 5.06. The number of halogens is 3. The number of esters is 1. The molecule has 0 bridgehead atoms. The Labute approximate surface area is 103 Å². The van der Waals surface area contributed by atoms with Gasteiger partial charge < -0.3 is 0 Å². The van der Waals surface area contributed by atoms with Gasteiger partial charge in [0.15, 0.2) is 0 Å². The summed E-state index contributed by atoms with van der Waals surface area (Å²) in [6.07, 6.45) is 1.21. The van der Waals surface area contributed by atoms with Crippen LogP contribution in [0.3, 0.4) is 0 Å². The molecule has 0 atom stereocenters. The molecule has 0 aliphatic rings. The summed E-state index contributed by atoms with van der Waals surface area (Å²) in [5.41, 5.74) is 0.541. The molecule has 0 aliphatic carbocycles. The predicted octanol–water partition coefficient (Wildman–Crippen LogP) is 2.42. The fourth-order valence-corrected chi connectivity index (χ4v) is 2.34. The van der Waals surface area contributed by atoms with Gasteiger partial charge >= 0.3 is 102 Å². The van der Waals surface area contributed by atoms with Crippen LogP contribution in [0.5, 0.6) is 0 Å². The third-order valence-electron chi connectivity index (χ3n) is 1.71. The van der Waals surface area contributed by atoms with Crippen molar-refractivity contribution in [2.24, 2.45) is 0 Å². The van der Waals surface area contributed by atoms with Crippen LogP contribution in [0.2, 0.25) is 0 Å². The quantitative estimate of drug-likeness (QED) is 0.487. The average molecular weight is 309 g/mol. The fraction of sp³-hybridized carbons (Fsp3) is 0.182. The van der Waals surface area contributed by atoms with E-state index in [0.717, 1.165) is 7.11 Å². The van der Waals surface area contributed by atoms with Crippen LogP contribution in [0.25, 0.3) is 6.08 Å². The van der Waals surface area contributed by atoms with Crippen molar-refractivity contribution in [3.05, 3.63) is 40.4 Å². The molecular weight excluding hydrogens is 300 g/mol. The van der Waals surface area contributed by atoms with Crippen molar-refractivity contribution in [1.82, 2.24) is 0 Å². The summed E-state index contributed by atoms with van der Waals surface area (Å²) in [5.74, 6) is -0.939. The van der Waals surface area contributed by atoms with Crippen molar-refractivity contribution in [1.29, 1.82) is 0 Å². The molecule has 2 nitrogen and oxygen atoms in total. The van der Waals surface area contributed by atoms with Gasteiger partial charge in [0.2, 0.25) is 0 Å². The minimum absolute atomic E-state index is 0.348. The summed E-state index contributed by atoms with van der Waals surface area (Å²) in [6.45, 7) is 0. The van der Waals surface area contributed by atoms with Gasteiger partial charge in [0.05, 0.1) is 0 Å². The molecule has 0 saturated carbocycles. The van der Waals surface area contributed by atoms with Gasteiger partial charge in [-0.2, -0.15) is 0 Å². The summed E-state index contributed by atoms with van der Waals surface area (Å²) in [4.78, 5) is 11.2. The van der Waals surface area contributed by atoms with E-state index in [4.69, 9.17) is 0 Å². The maximum atomic E-state index is 12.3. The van der Waals surface area contributed by atoms with Gasteiger partial charge in [0.1, 0.15) is 0 Å². The Hall–Kier alpha value is -1.26. The number of methoxy groups -OCH3 is 1. The van der Waals surface area contributed by atoms with Crippen molar-refractivity contribution in [2.75, 3.05) is 7.11 Å². The molecule has 0 unspecified atom stereocenters. The molecular formula is C11H9F3O2Se. The van der Waals surface area contributed by atoms with Crippen LogP contribution in [0.4, 0.5) is 13.2 Å². The zero-order valence-electron chi connectivity index (χ0n) is 8.82. The Morgan fingerprint density at radius 2 is 1.88 bits per heavy atom. The molecule has 1 aromatic rings. The topological polar surface area (TPSA) is 26.3 Å². The molecule has 0 N–H and O–H groups in total. The molecule has 1 aromatic carbocycles. The van der Waals surface area contributed by atoms with Gasteiger partial charge in [-0.05, 0) is 0 Å². The number of benzene rings is 1. The second-order valence-electron chi connectivity index (χ2n) is 2.96. The summed E-state index contributed by atoms with van der Waals surface area (Å²) in [7, 11) is 1.06. The summed E-state index contributed by atoms with van der Waals surface area (Å²) >= 11 is -1.91. The van der Waals surface area contributed by atoms with E-state index in [0.29, 0.717) is 5.56 Å².